The predicted molar refractivity (Wildman–Crippen MR) is 129 cm³/mol. The molecule has 0 bridgehead atoms. The lowest BCUT2D eigenvalue weighted by molar-refractivity contribution is -0.137. The molecule has 1 aromatic heterocycles. The topological polar surface area (TPSA) is 81.4 Å². The van der Waals surface area contributed by atoms with Crippen LogP contribution in [0.3, 0.4) is 0 Å². The number of hydrogen-bond acceptors (Lipinski definition) is 4. The highest BCUT2D eigenvalue weighted by Crippen LogP contribution is 2.29. The first-order valence-corrected chi connectivity index (χ1v) is 10.8. The van der Waals surface area contributed by atoms with Crippen LogP contribution < -0.4 is 10.3 Å². The Balaban J connectivity index is 1.80. The Kier molecular flexibility index (Phi) is 6.01. The van der Waals surface area contributed by atoms with Crippen LogP contribution in [0.2, 0.25) is 0 Å². The normalized spacial score (nSPS) is 11.5. The maximum absolute atomic E-state index is 13.2. The standard InChI is InChI=1S/C27H26N2O4/c1-27(2,3)25-26(32)29(15-14-24(30)31)23-17-19(12-13-22(23)28-25)18-8-7-11-21(16-18)33-20-9-5-4-6-10-20/h4-13,16-17H,14-15H2,1-3H3,(H,30,31). The molecule has 0 unspecified atom stereocenters. The third-order valence-corrected chi connectivity index (χ3v) is 5.35. The molecule has 0 radical (unpaired) electrons. The number of ether oxygens (including phenoxy) is 1. The van der Waals surface area contributed by atoms with Crippen molar-refractivity contribution in [1.82, 2.24) is 9.55 Å². The second kappa shape index (κ2) is 8.90. The number of carboxylic acids is 1. The molecule has 168 valence electrons. The second-order valence-corrected chi connectivity index (χ2v) is 8.96. The lowest BCUT2D eigenvalue weighted by Gasteiger charge is -2.20. The molecule has 3 aromatic carbocycles. The maximum Gasteiger partial charge on any atom is 0.305 e. The van der Waals surface area contributed by atoms with Gasteiger partial charge in [-0.2, -0.15) is 0 Å². The number of benzene rings is 3. The van der Waals surface area contributed by atoms with Crippen LogP contribution in [0.25, 0.3) is 22.2 Å². The Labute approximate surface area is 192 Å². The first kappa shape index (κ1) is 22.3. The molecule has 0 aliphatic heterocycles. The highest BCUT2D eigenvalue weighted by molar-refractivity contribution is 5.82. The van der Waals surface area contributed by atoms with Crippen molar-refractivity contribution in [3.05, 3.63) is 88.8 Å². The Hall–Kier alpha value is -3.93. The summed E-state index contributed by atoms with van der Waals surface area (Å²) in [5.74, 6) is 0.490. The molecule has 33 heavy (non-hydrogen) atoms. The first-order chi connectivity index (χ1) is 15.7. The second-order valence-electron chi connectivity index (χ2n) is 8.96. The van der Waals surface area contributed by atoms with E-state index >= 15 is 0 Å². The first-order valence-electron chi connectivity index (χ1n) is 10.8. The molecule has 0 spiro atoms. The number of aryl methyl sites for hydroxylation is 1. The minimum atomic E-state index is -0.953. The molecule has 0 aliphatic carbocycles. The number of carbonyl (C=O) groups is 1. The van der Waals surface area contributed by atoms with Crippen molar-refractivity contribution in [2.24, 2.45) is 0 Å². The summed E-state index contributed by atoms with van der Waals surface area (Å²) in [6.45, 7) is 5.86. The number of para-hydroxylation sites is 1. The summed E-state index contributed by atoms with van der Waals surface area (Å²) in [6, 6.07) is 23.0. The van der Waals surface area contributed by atoms with Gasteiger partial charge in [0.15, 0.2) is 0 Å². The molecule has 1 N–H and O–H groups in total. The van der Waals surface area contributed by atoms with E-state index in [4.69, 9.17) is 4.74 Å². The van der Waals surface area contributed by atoms with Crippen LogP contribution >= 0.6 is 0 Å². The molecule has 1 heterocycles. The average molecular weight is 443 g/mol. The number of fused-ring (bicyclic) bond motifs is 1. The zero-order valence-electron chi connectivity index (χ0n) is 18.9. The van der Waals surface area contributed by atoms with Crippen molar-refractivity contribution in [2.45, 2.75) is 39.2 Å². The zero-order chi connectivity index (χ0) is 23.6. The van der Waals surface area contributed by atoms with Gasteiger partial charge in [0.25, 0.3) is 5.56 Å². The van der Waals surface area contributed by atoms with Crippen molar-refractivity contribution in [1.29, 1.82) is 0 Å². The van der Waals surface area contributed by atoms with E-state index in [1.807, 2.05) is 93.6 Å². The molecule has 0 aliphatic rings. The Bertz CT molecular complexity index is 1370. The lowest BCUT2D eigenvalue weighted by Crippen LogP contribution is -2.33. The molecule has 0 fully saturated rings. The largest absolute Gasteiger partial charge is 0.481 e. The van der Waals surface area contributed by atoms with Gasteiger partial charge in [0, 0.05) is 12.0 Å². The van der Waals surface area contributed by atoms with Crippen LogP contribution in [-0.4, -0.2) is 20.6 Å². The highest BCUT2D eigenvalue weighted by Gasteiger charge is 2.23. The van der Waals surface area contributed by atoms with E-state index in [0.717, 1.165) is 16.9 Å². The molecule has 4 rings (SSSR count). The van der Waals surface area contributed by atoms with Gasteiger partial charge in [-0.15, -0.1) is 0 Å². The number of carboxylic acid groups (broad SMARTS) is 1. The molecule has 0 atom stereocenters. The molecule has 0 saturated carbocycles. The number of hydrogen-bond donors (Lipinski definition) is 1. The van der Waals surface area contributed by atoms with Crippen molar-refractivity contribution in [3.8, 4) is 22.6 Å². The van der Waals surface area contributed by atoms with Gasteiger partial charge in [0.05, 0.1) is 17.5 Å². The third kappa shape index (κ3) is 4.95. The number of rotatable bonds is 6. The summed E-state index contributed by atoms with van der Waals surface area (Å²) in [7, 11) is 0. The van der Waals surface area contributed by atoms with Crippen molar-refractivity contribution < 1.29 is 14.6 Å². The van der Waals surface area contributed by atoms with Gasteiger partial charge in [-0.25, -0.2) is 4.98 Å². The van der Waals surface area contributed by atoms with Gasteiger partial charge in [0.1, 0.15) is 17.2 Å². The molecular formula is C27H26N2O4. The smallest absolute Gasteiger partial charge is 0.305 e. The summed E-state index contributed by atoms with van der Waals surface area (Å²) in [5.41, 5.74) is 2.78. The van der Waals surface area contributed by atoms with Crippen LogP contribution in [0, 0.1) is 0 Å². The SMILES string of the molecule is CC(C)(C)c1nc2ccc(-c3cccc(Oc4ccccc4)c3)cc2n(CCC(=O)O)c1=O. The highest BCUT2D eigenvalue weighted by atomic mass is 16.5. The lowest BCUT2D eigenvalue weighted by atomic mass is 9.92. The van der Waals surface area contributed by atoms with Crippen LogP contribution in [0.4, 0.5) is 0 Å². The van der Waals surface area contributed by atoms with Crippen molar-refractivity contribution in [2.75, 3.05) is 0 Å². The van der Waals surface area contributed by atoms with Gasteiger partial charge in [0.2, 0.25) is 0 Å². The maximum atomic E-state index is 13.2. The number of aromatic nitrogens is 2. The zero-order valence-corrected chi connectivity index (χ0v) is 18.9. The van der Waals surface area contributed by atoms with Gasteiger partial charge < -0.3 is 14.4 Å². The van der Waals surface area contributed by atoms with Crippen LogP contribution in [-0.2, 0) is 16.8 Å². The van der Waals surface area contributed by atoms with Gasteiger partial charge >= 0.3 is 5.97 Å². The minimum Gasteiger partial charge on any atom is -0.481 e. The molecule has 4 aromatic rings. The molecule has 6 nitrogen and oxygen atoms in total. The molecule has 0 amide bonds. The third-order valence-electron chi connectivity index (χ3n) is 5.35. The van der Waals surface area contributed by atoms with E-state index in [9.17, 15) is 14.7 Å². The van der Waals surface area contributed by atoms with Gasteiger partial charge in [-0.05, 0) is 47.5 Å². The summed E-state index contributed by atoms with van der Waals surface area (Å²) >= 11 is 0. The van der Waals surface area contributed by atoms with Crippen LogP contribution in [0.15, 0.2) is 77.6 Å². The quantitative estimate of drug-likeness (QED) is 0.419. The number of aliphatic carboxylic acids is 1. The van der Waals surface area contributed by atoms with Crippen molar-refractivity contribution >= 4 is 17.0 Å². The monoisotopic (exact) mass is 442 g/mol. The Morgan fingerprint density at radius 3 is 2.33 bits per heavy atom. The Morgan fingerprint density at radius 2 is 1.64 bits per heavy atom. The summed E-state index contributed by atoms with van der Waals surface area (Å²) in [6.07, 6.45) is -0.146. The summed E-state index contributed by atoms with van der Waals surface area (Å²) < 4.78 is 7.49. The fourth-order valence-electron chi connectivity index (χ4n) is 3.70. The summed E-state index contributed by atoms with van der Waals surface area (Å²) in [4.78, 5) is 29.1. The fraction of sp³-hybridized carbons (Fsp3) is 0.222. The van der Waals surface area contributed by atoms with Gasteiger partial charge in [-0.1, -0.05) is 57.2 Å². The van der Waals surface area contributed by atoms with E-state index < -0.39 is 11.4 Å². The van der Waals surface area contributed by atoms with E-state index in [2.05, 4.69) is 4.98 Å². The van der Waals surface area contributed by atoms with E-state index in [-0.39, 0.29) is 18.5 Å². The van der Waals surface area contributed by atoms with E-state index in [1.54, 1.807) is 0 Å². The molecule has 0 saturated heterocycles. The van der Waals surface area contributed by atoms with E-state index in [0.29, 0.717) is 22.5 Å². The average Bonchev–Trinajstić information content (AvgIpc) is 2.78. The van der Waals surface area contributed by atoms with Gasteiger partial charge in [-0.3, -0.25) is 9.59 Å². The van der Waals surface area contributed by atoms with Crippen molar-refractivity contribution in [3.63, 3.8) is 0 Å². The molecular weight excluding hydrogens is 416 g/mol. The minimum absolute atomic E-state index is 0.0802. The predicted octanol–water partition coefficient (Wildman–Crippen LogP) is 5.63. The van der Waals surface area contributed by atoms with Crippen LogP contribution in [0.5, 0.6) is 11.5 Å². The number of nitrogens with zero attached hydrogens (tertiary/aromatic N) is 2. The Morgan fingerprint density at radius 1 is 0.939 bits per heavy atom. The van der Waals surface area contributed by atoms with Crippen LogP contribution in [0.1, 0.15) is 32.9 Å². The summed E-state index contributed by atoms with van der Waals surface area (Å²) in [5, 5.41) is 9.21. The molecule has 6 heteroatoms. The van der Waals surface area contributed by atoms with E-state index in [1.165, 1.54) is 4.57 Å². The fourth-order valence-corrected chi connectivity index (χ4v) is 3.70.